The highest BCUT2D eigenvalue weighted by atomic mass is 16.3. The summed E-state index contributed by atoms with van der Waals surface area (Å²) in [5.41, 5.74) is 3.21. The first-order chi connectivity index (χ1) is 6.77. The average Bonchev–Trinajstić information content (AvgIpc) is 2.62. The van der Waals surface area contributed by atoms with Crippen LogP contribution in [0.15, 0.2) is 29.0 Å². The van der Waals surface area contributed by atoms with E-state index in [9.17, 15) is 0 Å². The van der Waals surface area contributed by atoms with Gasteiger partial charge in [-0.2, -0.15) is 0 Å². The zero-order valence-corrected chi connectivity index (χ0v) is 8.66. The lowest BCUT2D eigenvalue weighted by molar-refractivity contribution is 0.587. The van der Waals surface area contributed by atoms with E-state index in [4.69, 9.17) is 4.42 Å². The number of benzene rings is 1. The summed E-state index contributed by atoms with van der Waals surface area (Å²) < 4.78 is 5.25. The second-order valence-corrected chi connectivity index (χ2v) is 4.05. The van der Waals surface area contributed by atoms with E-state index in [0.29, 0.717) is 0 Å². The molecule has 0 saturated carbocycles. The molecule has 0 spiro atoms. The van der Waals surface area contributed by atoms with Crippen LogP contribution in [-0.2, 0) is 6.42 Å². The van der Waals surface area contributed by atoms with Crippen LogP contribution in [-0.4, -0.2) is 4.98 Å². The first-order valence-electron chi connectivity index (χ1n) is 5.08. The minimum absolute atomic E-state index is 0.733. The molecule has 2 aromatic rings. The molecule has 74 valence electrons. The number of aromatic nitrogens is 1. The fourth-order valence-corrected chi connectivity index (χ4v) is 1.59. The van der Waals surface area contributed by atoms with E-state index in [2.05, 4.69) is 24.9 Å². The maximum atomic E-state index is 5.25. The maximum Gasteiger partial charge on any atom is 0.181 e. The van der Waals surface area contributed by atoms with E-state index in [0.717, 1.165) is 23.4 Å². The van der Waals surface area contributed by atoms with E-state index < -0.39 is 0 Å². The Morgan fingerprint density at radius 3 is 3.00 bits per heavy atom. The van der Waals surface area contributed by atoms with Gasteiger partial charge in [0.25, 0.3) is 0 Å². The molecule has 0 aliphatic heterocycles. The number of nitrogens with zero attached hydrogens (tertiary/aromatic N) is 1. The Bertz CT molecular complexity index is 417. The number of fused-ring (bicyclic) bond motifs is 1. The van der Waals surface area contributed by atoms with Gasteiger partial charge in [-0.15, -0.1) is 0 Å². The number of hydrogen-bond donors (Lipinski definition) is 0. The third-order valence-corrected chi connectivity index (χ3v) is 2.44. The predicted molar refractivity (Wildman–Crippen MR) is 57.2 cm³/mol. The molecule has 2 nitrogen and oxygen atoms in total. The average molecular weight is 189 g/mol. The molecule has 1 heterocycles. The molecule has 0 atom stereocenters. The molecule has 0 unspecified atom stereocenters. The van der Waals surface area contributed by atoms with Crippen LogP contribution in [0.25, 0.3) is 11.1 Å². The van der Waals surface area contributed by atoms with Crippen LogP contribution in [0.2, 0.25) is 0 Å². The minimum atomic E-state index is 0.733. The second kappa shape index (κ2) is 3.82. The quantitative estimate of drug-likeness (QED) is 0.739. The Morgan fingerprint density at radius 2 is 2.21 bits per heavy atom. The van der Waals surface area contributed by atoms with E-state index in [-0.39, 0.29) is 0 Å². The fourth-order valence-electron chi connectivity index (χ4n) is 1.59. The standard InChI is InChI=1S/C12H15NO/c1-9(2)6-7-10-4-3-5-11-12(10)13-8-14-11/h3-5,8-9H,6-7H2,1-2H3. The van der Waals surface area contributed by atoms with Crippen molar-refractivity contribution in [3.05, 3.63) is 30.2 Å². The van der Waals surface area contributed by atoms with E-state index in [1.165, 1.54) is 18.4 Å². The zero-order valence-electron chi connectivity index (χ0n) is 8.66. The van der Waals surface area contributed by atoms with E-state index in [1.807, 2.05) is 12.1 Å². The summed E-state index contributed by atoms with van der Waals surface area (Å²) in [7, 11) is 0. The number of hydrogen-bond acceptors (Lipinski definition) is 2. The van der Waals surface area contributed by atoms with Crippen LogP contribution < -0.4 is 0 Å². The van der Waals surface area contributed by atoms with Gasteiger partial charge in [0.05, 0.1) is 0 Å². The monoisotopic (exact) mass is 189 g/mol. The van der Waals surface area contributed by atoms with E-state index in [1.54, 1.807) is 0 Å². The van der Waals surface area contributed by atoms with Crippen LogP contribution >= 0.6 is 0 Å². The third-order valence-electron chi connectivity index (χ3n) is 2.44. The molecule has 0 radical (unpaired) electrons. The van der Waals surface area contributed by atoms with Crippen molar-refractivity contribution in [2.75, 3.05) is 0 Å². The van der Waals surface area contributed by atoms with Crippen molar-refractivity contribution in [2.45, 2.75) is 26.7 Å². The number of para-hydroxylation sites is 1. The van der Waals surface area contributed by atoms with Crippen molar-refractivity contribution in [3.8, 4) is 0 Å². The predicted octanol–water partition coefficient (Wildman–Crippen LogP) is 3.42. The molecule has 0 N–H and O–H groups in total. The molecule has 2 rings (SSSR count). The highest BCUT2D eigenvalue weighted by molar-refractivity contribution is 5.75. The van der Waals surface area contributed by atoms with Gasteiger partial charge < -0.3 is 4.42 Å². The number of aryl methyl sites for hydroxylation is 1. The Kier molecular flexibility index (Phi) is 2.53. The zero-order chi connectivity index (χ0) is 9.97. The smallest absolute Gasteiger partial charge is 0.181 e. The summed E-state index contributed by atoms with van der Waals surface area (Å²) >= 11 is 0. The minimum Gasteiger partial charge on any atom is -0.443 e. The number of rotatable bonds is 3. The Hall–Kier alpha value is -1.31. The van der Waals surface area contributed by atoms with Gasteiger partial charge in [-0.25, -0.2) is 4.98 Å². The van der Waals surface area contributed by atoms with Gasteiger partial charge in [-0.1, -0.05) is 26.0 Å². The molecule has 0 aliphatic rings. The lowest BCUT2D eigenvalue weighted by Gasteiger charge is -2.04. The van der Waals surface area contributed by atoms with Crippen molar-refractivity contribution >= 4 is 11.1 Å². The lowest BCUT2D eigenvalue weighted by atomic mass is 10.0. The largest absolute Gasteiger partial charge is 0.443 e. The molecule has 0 amide bonds. The van der Waals surface area contributed by atoms with Crippen molar-refractivity contribution in [2.24, 2.45) is 5.92 Å². The normalized spacial score (nSPS) is 11.4. The van der Waals surface area contributed by atoms with Crippen molar-refractivity contribution in [3.63, 3.8) is 0 Å². The first-order valence-corrected chi connectivity index (χ1v) is 5.08. The summed E-state index contributed by atoms with van der Waals surface area (Å²) in [5, 5.41) is 0. The maximum absolute atomic E-state index is 5.25. The molecule has 0 fully saturated rings. The van der Waals surface area contributed by atoms with Gasteiger partial charge in [-0.05, 0) is 30.4 Å². The van der Waals surface area contributed by atoms with Crippen LogP contribution in [0.4, 0.5) is 0 Å². The van der Waals surface area contributed by atoms with E-state index >= 15 is 0 Å². The van der Waals surface area contributed by atoms with Gasteiger partial charge in [0.2, 0.25) is 0 Å². The molecule has 14 heavy (non-hydrogen) atoms. The van der Waals surface area contributed by atoms with Crippen LogP contribution in [0.5, 0.6) is 0 Å². The topological polar surface area (TPSA) is 26.0 Å². The Balaban J connectivity index is 2.27. The molecular formula is C12H15NO. The summed E-state index contributed by atoms with van der Waals surface area (Å²) in [6.07, 6.45) is 3.80. The molecule has 1 aromatic heterocycles. The highest BCUT2D eigenvalue weighted by Gasteiger charge is 2.05. The molecular weight excluding hydrogens is 174 g/mol. The first kappa shape index (κ1) is 9.25. The summed E-state index contributed by atoms with van der Waals surface area (Å²) in [4.78, 5) is 4.23. The van der Waals surface area contributed by atoms with Gasteiger partial charge in [0, 0.05) is 0 Å². The van der Waals surface area contributed by atoms with Crippen LogP contribution in [0, 0.1) is 5.92 Å². The molecule has 0 bridgehead atoms. The van der Waals surface area contributed by atoms with Crippen molar-refractivity contribution in [1.29, 1.82) is 0 Å². The van der Waals surface area contributed by atoms with Gasteiger partial charge >= 0.3 is 0 Å². The number of oxazole rings is 1. The molecule has 0 saturated heterocycles. The van der Waals surface area contributed by atoms with Gasteiger partial charge in [-0.3, -0.25) is 0 Å². The Morgan fingerprint density at radius 1 is 1.36 bits per heavy atom. The van der Waals surface area contributed by atoms with Gasteiger partial charge in [0.1, 0.15) is 5.52 Å². The second-order valence-electron chi connectivity index (χ2n) is 4.05. The lowest BCUT2D eigenvalue weighted by Crippen LogP contribution is -1.92. The highest BCUT2D eigenvalue weighted by Crippen LogP contribution is 2.19. The Labute approximate surface area is 84.0 Å². The molecule has 1 aromatic carbocycles. The van der Waals surface area contributed by atoms with Crippen molar-refractivity contribution in [1.82, 2.24) is 4.98 Å². The van der Waals surface area contributed by atoms with Crippen LogP contribution in [0.1, 0.15) is 25.8 Å². The molecule has 2 heteroatoms. The third kappa shape index (κ3) is 1.79. The van der Waals surface area contributed by atoms with Gasteiger partial charge in [0.15, 0.2) is 12.0 Å². The SMILES string of the molecule is CC(C)CCc1cccc2ocnc12. The van der Waals surface area contributed by atoms with Crippen LogP contribution in [0.3, 0.4) is 0 Å². The van der Waals surface area contributed by atoms with Crippen molar-refractivity contribution < 1.29 is 4.42 Å². The fraction of sp³-hybridized carbons (Fsp3) is 0.417. The molecule has 0 aliphatic carbocycles. The summed E-state index contributed by atoms with van der Waals surface area (Å²) in [6, 6.07) is 6.12. The summed E-state index contributed by atoms with van der Waals surface area (Å²) in [5.74, 6) is 0.733. The summed E-state index contributed by atoms with van der Waals surface area (Å²) in [6.45, 7) is 4.48.